The van der Waals surface area contributed by atoms with E-state index in [0.29, 0.717) is 5.56 Å². The lowest BCUT2D eigenvalue weighted by Crippen LogP contribution is -2.63. The number of ether oxygens (including phenoxy) is 4. The van der Waals surface area contributed by atoms with Gasteiger partial charge >= 0.3 is 0 Å². The van der Waals surface area contributed by atoms with Gasteiger partial charge in [0.2, 0.25) is 0 Å². The molecule has 194 valence electrons. The number of hydrogen-bond donors (Lipinski definition) is 9. The van der Waals surface area contributed by atoms with Gasteiger partial charge in [0.1, 0.15) is 36.6 Å². The third kappa shape index (κ3) is 5.45. The number of hydrogen-bond acceptors (Lipinski definition) is 13. The lowest BCUT2D eigenvalue weighted by molar-refractivity contribution is -0.351. The number of phenolic OH excluding ortho intramolecular Hbond substituents is 1. The van der Waals surface area contributed by atoms with Crippen molar-refractivity contribution < 1.29 is 64.9 Å². The van der Waals surface area contributed by atoms with E-state index in [2.05, 4.69) is 0 Å². The first-order valence-corrected chi connectivity index (χ1v) is 10.8. The monoisotopic (exact) mass is 492 g/mol. The molecular formula is C21H32O13. The highest BCUT2D eigenvalue weighted by Gasteiger charge is 2.50. The summed E-state index contributed by atoms with van der Waals surface area (Å²) in [5.41, 5.74) is 0.324. The highest BCUT2D eigenvalue weighted by atomic mass is 16.7. The minimum Gasteiger partial charge on any atom is -0.504 e. The second-order valence-electron chi connectivity index (χ2n) is 8.38. The Morgan fingerprint density at radius 3 is 2.21 bits per heavy atom. The van der Waals surface area contributed by atoms with Crippen LogP contribution in [-0.4, -0.2) is 122 Å². The first kappa shape index (κ1) is 27.0. The van der Waals surface area contributed by atoms with Gasteiger partial charge in [-0.1, -0.05) is 6.07 Å². The molecule has 2 heterocycles. The van der Waals surface area contributed by atoms with E-state index in [0.717, 1.165) is 0 Å². The van der Waals surface area contributed by atoms with Gasteiger partial charge in [0, 0.05) is 5.92 Å². The molecule has 11 atom stereocenters. The highest BCUT2D eigenvalue weighted by molar-refractivity contribution is 5.42. The van der Waals surface area contributed by atoms with Crippen LogP contribution in [0.5, 0.6) is 11.5 Å². The fraction of sp³-hybridized carbons (Fsp3) is 0.714. The molecule has 0 amide bonds. The maximum Gasteiger partial charge on any atom is 0.187 e. The van der Waals surface area contributed by atoms with Gasteiger partial charge in [-0.05, 0) is 24.1 Å². The van der Waals surface area contributed by atoms with Crippen molar-refractivity contribution >= 4 is 0 Å². The quantitative estimate of drug-likeness (QED) is 0.174. The molecule has 0 radical (unpaired) electrons. The molecule has 0 spiro atoms. The minimum absolute atomic E-state index is 0.113. The smallest absolute Gasteiger partial charge is 0.187 e. The fourth-order valence-electron chi connectivity index (χ4n) is 4.19. The molecule has 34 heavy (non-hydrogen) atoms. The molecule has 1 aromatic rings. The predicted molar refractivity (Wildman–Crippen MR) is 110 cm³/mol. The standard InChI is InChI=1S/C21H32O13/c1-31-12-4-8(2-3-10(12)24)11(25)5-9-15(26)19(14(7-23)32-20(9)30)34-21-18(29)17(28)16(27)13(6-22)33-21/h2-4,9,11,13-30H,5-7H2,1H3/t9-,11?,13-,14-,15-,16+,17+,18-,19-,20+,21+/m1/s1. The van der Waals surface area contributed by atoms with Crippen LogP contribution in [0.1, 0.15) is 18.1 Å². The molecule has 0 bridgehead atoms. The van der Waals surface area contributed by atoms with Gasteiger partial charge in [0.25, 0.3) is 0 Å². The minimum atomic E-state index is -1.76. The third-order valence-corrected chi connectivity index (χ3v) is 6.23. The molecule has 0 aromatic heterocycles. The van der Waals surface area contributed by atoms with Crippen LogP contribution in [-0.2, 0) is 14.2 Å². The molecule has 13 heteroatoms. The van der Waals surface area contributed by atoms with Crippen LogP contribution in [0, 0.1) is 5.92 Å². The van der Waals surface area contributed by atoms with Gasteiger partial charge in [0.05, 0.1) is 32.5 Å². The van der Waals surface area contributed by atoms with Crippen LogP contribution in [0.3, 0.4) is 0 Å². The molecule has 2 aliphatic heterocycles. The summed E-state index contributed by atoms with van der Waals surface area (Å²) >= 11 is 0. The Labute approximate surface area is 194 Å². The van der Waals surface area contributed by atoms with Crippen molar-refractivity contribution in [3.63, 3.8) is 0 Å². The zero-order valence-electron chi connectivity index (χ0n) is 18.4. The number of aliphatic hydroxyl groups excluding tert-OH is 8. The van der Waals surface area contributed by atoms with Gasteiger partial charge in [-0.25, -0.2) is 0 Å². The van der Waals surface area contributed by atoms with Crippen molar-refractivity contribution in [3.05, 3.63) is 23.8 Å². The Bertz CT molecular complexity index is 792. The summed E-state index contributed by atoms with van der Waals surface area (Å²) in [6.45, 7) is -1.39. The molecule has 1 unspecified atom stereocenters. The van der Waals surface area contributed by atoms with Gasteiger partial charge in [-0.2, -0.15) is 0 Å². The van der Waals surface area contributed by atoms with Crippen molar-refractivity contribution in [1.82, 2.24) is 0 Å². The van der Waals surface area contributed by atoms with Crippen molar-refractivity contribution in [2.75, 3.05) is 20.3 Å². The summed E-state index contributed by atoms with van der Waals surface area (Å²) in [5.74, 6) is -1.16. The average Bonchev–Trinajstić information content (AvgIpc) is 2.83. The third-order valence-electron chi connectivity index (χ3n) is 6.23. The largest absolute Gasteiger partial charge is 0.504 e. The maximum atomic E-state index is 10.9. The van der Waals surface area contributed by atoms with E-state index < -0.39 is 80.5 Å². The number of rotatable bonds is 8. The van der Waals surface area contributed by atoms with E-state index in [-0.39, 0.29) is 17.9 Å². The van der Waals surface area contributed by atoms with E-state index in [9.17, 15) is 46.0 Å². The summed E-state index contributed by atoms with van der Waals surface area (Å²) < 4.78 is 21.3. The molecule has 1 aromatic carbocycles. The molecule has 2 fully saturated rings. The van der Waals surface area contributed by atoms with Gasteiger partial charge in [0.15, 0.2) is 24.1 Å². The van der Waals surface area contributed by atoms with E-state index >= 15 is 0 Å². The number of methoxy groups -OCH3 is 1. The molecule has 2 saturated heterocycles. The zero-order valence-corrected chi connectivity index (χ0v) is 18.4. The lowest BCUT2D eigenvalue weighted by atomic mass is 9.85. The van der Waals surface area contributed by atoms with Crippen molar-refractivity contribution in [1.29, 1.82) is 0 Å². The lowest BCUT2D eigenvalue weighted by Gasteiger charge is -2.46. The van der Waals surface area contributed by atoms with Gasteiger partial charge < -0.3 is 64.9 Å². The molecule has 9 N–H and O–H groups in total. The van der Waals surface area contributed by atoms with Crippen molar-refractivity contribution in [2.45, 2.75) is 67.8 Å². The highest BCUT2D eigenvalue weighted by Crippen LogP contribution is 2.37. The number of aliphatic hydroxyl groups is 8. The molecule has 2 aliphatic rings. The van der Waals surface area contributed by atoms with E-state index in [4.69, 9.17) is 18.9 Å². The zero-order chi connectivity index (χ0) is 25.2. The van der Waals surface area contributed by atoms with Crippen molar-refractivity contribution in [3.8, 4) is 11.5 Å². The number of phenols is 1. The predicted octanol–water partition coefficient (Wildman–Crippen LogP) is -3.30. The van der Waals surface area contributed by atoms with E-state index in [1.807, 2.05) is 0 Å². The Balaban J connectivity index is 1.76. The molecular weight excluding hydrogens is 460 g/mol. The number of benzene rings is 1. The first-order valence-electron chi connectivity index (χ1n) is 10.8. The molecule has 3 rings (SSSR count). The van der Waals surface area contributed by atoms with Crippen LogP contribution in [0.25, 0.3) is 0 Å². The topological polar surface area (TPSA) is 219 Å². The Morgan fingerprint density at radius 1 is 0.912 bits per heavy atom. The molecule has 13 nitrogen and oxygen atoms in total. The van der Waals surface area contributed by atoms with E-state index in [1.165, 1.54) is 25.3 Å². The average molecular weight is 492 g/mol. The van der Waals surface area contributed by atoms with E-state index in [1.54, 1.807) is 0 Å². The Morgan fingerprint density at radius 2 is 1.59 bits per heavy atom. The summed E-state index contributed by atoms with van der Waals surface area (Å²) in [5, 5.41) is 90.9. The summed E-state index contributed by atoms with van der Waals surface area (Å²) in [6, 6.07) is 4.14. The summed E-state index contributed by atoms with van der Waals surface area (Å²) in [7, 11) is 1.34. The second kappa shape index (κ2) is 11.4. The molecule has 0 aliphatic carbocycles. The second-order valence-corrected chi connectivity index (χ2v) is 8.38. The Kier molecular flexibility index (Phi) is 9.05. The summed E-state index contributed by atoms with van der Waals surface area (Å²) in [4.78, 5) is 0. The summed E-state index contributed by atoms with van der Waals surface area (Å²) in [6.07, 6.45) is -15.2. The van der Waals surface area contributed by atoms with Crippen LogP contribution < -0.4 is 4.74 Å². The van der Waals surface area contributed by atoms with Gasteiger partial charge in [-0.3, -0.25) is 0 Å². The SMILES string of the molecule is COc1cc(C(O)C[C@@H]2[C@@H](O)[C@H](O[C@@H]3O[C@H](CO)[C@H](O)[C@H](O)[C@H]3O)[C@@H](CO)O[C@@H]2O)ccc1O. The number of aromatic hydroxyl groups is 1. The van der Waals surface area contributed by atoms with Gasteiger partial charge in [-0.15, -0.1) is 0 Å². The maximum absolute atomic E-state index is 10.9. The van der Waals surface area contributed by atoms with Crippen molar-refractivity contribution in [2.24, 2.45) is 5.92 Å². The first-order chi connectivity index (χ1) is 16.1. The fourth-order valence-corrected chi connectivity index (χ4v) is 4.19. The van der Waals surface area contributed by atoms with Crippen LogP contribution >= 0.6 is 0 Å². The van der Waals surface area contributed by atoms with Crippen LogP contribution in [0.4, 0.5) is 0 Å². The van der Waals surface area contributed by atoms with Crippen LogP contribution in [0.2, 0.25) is 0 Å². The molecule has 0 saturated carbocycles. The Hall–Kier alpha value is -1.62. The van der Waals surface area contributed by atoms with Crippen LogP contribution in [0.15, 0.2) is 18.2 Å². The normalized spacial score (nSPS) is 39.6.